The Bertz CT molecular complexity index is 1140. The number of amides is 1. The van der Waals surface area contributed by atoms with Gasteiger partial charge in [0.2, 0.25) is 0 Å². The monoisotopic (exact) mass is 520 g/mol. The number of aliphatic hydroxyl groups is 2. The van der Waals surface area contributed by atoms with E-state index >= 15 is 0 Å². The van der Waals surface area contributed by atoms with E-state index in [1.54, 1.807) is 0 Å². The number of aromatic nitrogens is 2. The van der Waals surface area contributed by atoms with Crippen LogP contribution in [0.4, 0.5) is 37.8 Å². The molecule has 0 unspecified atom stereocenters. The average molecular weight is 520 g/mol. The molecule has 36 heavy (non-hydrogen) atoms. The third-order valence-corrected chi connectivity index (χ3v) is 5.20. The molecule has 0 aliphatic carbocycles. The number of rotatable bonds is 7. The van der Waals surface area contributed by atoms with E-state index in [1.807, 2.05) is 0 Å². The van der Waals surface area contributed by atoms with Gasteiger partial charge >= 0.3 is 12.4 Å². The lowest BCUT2D eigenvalue weighted by atomic mass is 10.1. The van der Waals surface area contributed by atoms with E-state index < -0.39 is 59.5 Å². The molecule has 1 aromatic heterocycles. The Hall–Kier alpha value is -3.39. The van der Waals surface area contributed by atoms with Gasteiger partial charge in [-0.15, -0.1) is 0 Å². The van der Waals surface area contributed by atoms with Gasteiger partial charge in [-0.2, -0.15) is 26.3 Å². The quantitative estimate of drug-likeness (QED) is 0.478. The lowest BCUT2D eigenvalue weighted by Gasteiger charge is -2.29. The van der Waals surface area contributed by atoms with Gasteiger partial charge < -0.3 is 25.2 Å². The Labute approximate surface area is 201 Å². The van der Waals surface area contributed by atoms with E-state index in [2.05, 4.69) is 15.3 Å². The van der Waals surface area contributed by atoms with Crippen LogP contribution < -0.4 is 15.0 Å². The average Bonchev–Trinajstić information content (AvgIpc) is 2.82. The van der Waals surface area contributed by atoms with Gasteiger partial charge in [-0.3, -0.25) is 4.79 Å². The van der Waals surface area contributed by atoms with Crippen LogP contribution in [-0.2, 0) is 17.1 Å². The van der Waals surface area contributed by atoms with Gasteiger partial charge in [-0.1, -0.05) is 6.08 Å². The number of nitrogens with zero attached hydrogens (tertiary/aromatic N) is 3. The molecular formula is C22H22F6N4O4. The van der Waals surface area contributed by atoms with Gasteiger partial charge in [-0.05, 0) is 25.5 Å². The summed E-state index contributed by atoms with van der Waals surface area (Å²) in [6, 6.07) is 2.91. The second kappa shape index (κ2) is 10.7. The van der Waals surface area contributed by atoms with Crippen LogP contribution >= 0.6 is 0 Å². The number of aliphatic hydroxyl groups excluding tert-OH is 2. The number of hydrogen-bond acceptors (Lipinski definition) is 7. The number of nitrogens with one attached hydrogen (secondary N) is 1. The number of ether oxygens (including phenoxy) is 1. The molecule has 0 saturated heterocycles. The molecule has 1 atom stereocenters. The van der Waals surface area contributed by atoms with Crippen molar-refractivity contribution in [2.75, 3.05) is 36.5 Å². The molecule has 2 heterocycles. The van der Waals surface area contributed by atoms with Crippen molar-refractivity contribution in [1.82, 2.24) is 9.97 Å². The molecule has 1 amide bonds. The van der Waals surface area contributed by atoms with Crippen LogP contribution in [0.15, 0.2) is 36.0 Å². The Morgan fingerprint density at radius 3 is 2.50 bits per heavy atom. The fourth-order valence-corrected chi connectivity index (χ4v) is 3.46. The van der Waals surface area contributed by atoms with Crippen molar-refractivity contribution in [1.29, 1.82) is 0 Å². The highest BCUT2D eigenvalue weighted by atomic mass is 19.4. The highest BCUT2D eigenvalue weighted by Gasteiger charge is 2.39. The van der Waals surface area contributed by atoms with Crippen LogP contribution in [-0.4, -0.2) is 52.4 Å². The standard InChI is InChI=1S/C22H22F6N4O4/c1-2-36-17-9-13(3-4-14(17)21(23,24)25)30-20(35)12-5-7-32(8-6-12)19-18(22(26,27)28)31-15(10-29-19)16(34)11-33/h3-5,9-10,16,33-34H,2,6-8,11H2,1H3,(H,30,35)/t16-/m1/s1. The summed E-state index contributed by atoms with van der Waals surface area (Å²) in [5.41, 5.74) is -2.50. The summed E-state index contributed by atoms with van der Waals surface area (Å²) in [6.45, 7) is 0.502. The van der Waals surface area contributed by atoms with Crippen molar-refractivity contribution in [3.8, 4) is 5.75 Å². The molecule has 0 saturated carbocycles. The molecule has 8 nitrogen and oxygen atoms in total. The molecular weight excluding hydrogens is 498 g/mol. The van der Waals surface area contributed by atoms with E-state index in [1.165, 1.54) is 17.9 Å². The number of carbonyl (C=O) groups excluding carboxylic acids is 1. The van der Waals surface area contributed by atoms with Crippen LogP contribution in [0.3, 0.4) is 0 Å². The third-order valence-electron chi connectivity index (χ3n) is 5.20. The van der Waals surface area contributed by atoms with Crippen LogP contribution in [0.1, 0.15) is 36.4 Å². The Morgan fingerprint density at radius 1 is 1.22 bits per heavy atom. The summed E-state index contributed by atoms with van der Waals surface area (Å²) in [7, 11) is 0. The molecule has 196 valence electrons. The largest absolute Gasteiger partial charge is 0.493 e. The number of alkyl halides is 6. The summed E-state index contributed by atoms with van der Waals surface area (Å²) in [5, 5.41) is 21.0. The Balaban J connectivity index is 1.77. The molecule has 3 rings (SSSR count). The molecule has 1 aromatic carbocycles. The maximum atomic E-state index is 13.6. The lowest BCUT2D eigenvalue weighted by molar-refractivity contribution is -0.141. The third kappa shape index (κ3) is 6.23. The smallest absolute Gasteiger partial charge is 0.437 e. The van der Waals surface area contributed by atoms with Crippen molar-refractivity contribution in [3.63, 3.8) is 0 Å². The van der Waals surface area contributed by atoms with Gasteiger partial charge in [0.25, 0.3) is 5.91 Å². The van der Waals surface area contributed by atoms with Gasteiger partial charge in [0.15, 0.2) is 11.5 Å². The van der Waals surface area contributed by atoms with Gasteiger partial charge in [0.05, 0.1) is 30.7 Å². The summed E-state index contributed by atoms with van der Waals surface area (Å²) >= 11 is 0. The second-order valence-corrected chi connectivity index (χ2v) is 7.68. The molecule has 0 fully saturated rings. The zero-order valence-electron chi connectivity index (χ0n) is 18.8. The molecule has 2 aromatic rings. The van der Waals surface area contributed by atoms with Gasteiger partial charge in [-0.25, -0.2) is 9.97 Å². The SMILES string of the molecule is CCOc1cc(NC(=O)C2=CCN(c3ncc([C@H](O)CO)nc3C(F)(F)F)CC2)ccc1C(F)(F)F. The van der Waals surface area contributed by atoms with E-state index in [4.69, 9.17) is 9.84 Å². The first-order valence-electron chi connectivity index (χ1n) is 10.7. The molecule has 3 N–H and O–H groups in total. The number of anilines is 2. The van der Waals surface area contributed by atoms with Crippen molar-refractivity contribution in [3.05, 3.63) is 53.0 Å². The molecule has 0 radical (unpaired) electrons. The first kappa shape index (κ1) is 27.2. The fraction of sp³-hybridized carbons (Fsp3) is 0.409. The number of hydrogen-bond donors (Lipinski definition) is 3. The fourth-order valence-electron chi connectivity index (χ4n) is 3.46. The van der Waals surface area contributed by atoms with Crippen LogP contribution in [0.5, 0.6) is 5.75 Å². The van der Waals surface area contributed by atoms with Gasteiger partial charge in [0, 0.05) is 30.4 Å². The molecule has 0 spiro atoms. The maximum absolute atomic E-state index is 13.6. The number of carbonyl (C=O) groups is 1. The van der Waals surface area contributed by atoms with Gasteiger partial charge in [0.1, 0.15) is 11.9 Å². The summed E-state index contributed by atoms with van der Waals surface area (Å²) < 4.78 is 85.1. The first-order chi connectivity index (χ1) is 16.8. The predicted octanol–water partition coefficient (Wildman–Crippen LogP) is 3.71. The molecule has 1 aliphatic rings. The van der Waals surface area contributed by atoms with Crippen LogP contribution in [0, 0.1) is 0 Å². The molecule has 14 heteroatoms. The van der Waals surface area contributed by atoms with Crippen molar-refractivity contribution in [2.24, 2.45) is 0 Å². The summed E-state index contributed by atoms with van der Waals surface area (Å²) in [6.07, 6.45) is -8.84. The Morgan fingerprint density at radius 2 is 1.94 bits per heavy atom. The molecule has 0 bridgehead atoms. The van der Waals surface area contributed by atoms with E-state index in [0.717, 1.165) is 24.4 Å². The number of benzene rings is 1. The topological polar surface area (TPSA) is 108 Å². The lowest BCUT2D eigenvalue weighted by Crippen LogP contribution is -2.34. The van der Waals surface area contributed by atoms with E-state index in [-0.39, 0.29) is 37.4 Å². The molecule has 1 aliphatic heterocycles. The second-order valence-electron chi connectivity index (χ2n) is 7.68. The highest BCUT2D eigenvalue weighted by Crippen LogP contribution is 2.38. The van der Waals surface area contributed by atoms with E-state index in [9.17, 15) is 36.2 Å². The summed E-state index contributed by atoms with van der Waals surface area (Å²) in [4.78, 5) is 21.0. The van der Waals surface area contributed by atoms with E-state index in [0.29, 0.717) is 0 Å². The zero-order chi connectivity index (χ0) is 26.7. The van der Waals surface area contributed by atoms with Crippen LogP contribution in [0.25, 0.3) is 0 Å². The van der Waals surface area contributed by atoms with Crippen molar-refractivity contribution >= 4 is 17.4 Å². The first-order valence-corrected chi connectivity index (χ1v) is 10.7. The maximum Gasteiger partial charge on any atom is 0.437 e. The van der Waals surface area contributed by atoms with Crippen molar-refractivity contribution < 1.29 is 46.1 Å². The zero-order valence-corrected chi connectivity index (χ0v) is 18.8. The predicted molar refractivity (Wildman–Crippen MR) is 115 cm³/mol. The van der Waals surface area contributed by atoms with Crippen molar-refractivity contribution in [2.45, 2.75) is 31.8 Å². The van der Waals surface area contributed by atoms with Crippen LogP contribution in [0.2, 0.25) is 0 Å². The minimum Gasteiger partial charge on any atom is -0.493 e. The Kier molecular flexibility index (Phi) is 8.09. The minimum absolute atomic E-state index is 0.0186. The highest BCUT2D eigenvalue weighted by molar-refractivity contribution is 6.04. The summed E-state index contributed by atoms with van der Waals surface area (Å²) in [5.74, 6) is -1.57. The minimum atomic E-state index is -4.89. The number of halogens is 6. The normalized spacial score (nSPS) is 15.4.